The van der Waals surface area contributed by atoms with Crippen LogP contribution in [-0.4, -0.2) is 80.3 Å². The van der Waals surface area contributed by atoms with Crippen LogP contribution in [0.3, 0.4) is 0 Å². The highest BCUT2D eigenvalue weighted by molar-refractivity contribution is 8.01. The second-order valence-electron chi connectivity index (χ2n) is 8.24. The van der Waals surface area contributed by atoms with Gasteiger partial charge >= 0.3 is 5.97 Å². The molecule has 33 heavy (non-hydrogen) atoms. The molecular weight excluding hydrogens is 466 g/mol. The maximum Gasteiger partial charge on any atom is 0.327 e. The molecule has 1 aromatic rings. The number of aliphatic carboxylic acids is 1. The van der Waals surface area contributed by atoms with Gasteiger partial charge < -0.3 is 26.4 Å². The number of rotatable bonds is 9. The van der Waals surface area contributed by atoms with Crippen molar-refractivity contribution in [2.24, 2.45) is 10.7 Å². The lowest BCUT2D eigenvalue weighted by atomic mass is 9.95. The number of thioether (sulfide) groups is 2. The Kier molecular flexibility index (Phi) is 7.58. The van der Waals surface area contributed by atoms with E-state index in [0.717, 1.165) is 0 Å². The van der Waals surface area contributed by atoms with Crippen molar-refractivity contribution in [3.05, 3.63) is 35.9 Å². The SMILES string of the molecule is CSCC(N)=NCC(=O)NC(C(=O)N[C@@H]1C(=O)N2[C@@H]1SC(C)(C)[C@@H]2C(=O)O)c1ccccc1. The zero-order valence-corrected chi connectivity index (χ0v) is 20.1. The number of hydrogen-bond donors (Lipinski definition) is 4. The number of hydrogen-bond acceptors (Lipinski definition) is 7. The molecule has 0 aliphatic carbocycles. The predicted molar refractivity (Wildman–Crippen MR) is 128 cm³/mol. The number of amidine groups is 1. The largest absolute Gasteiger partial charge is 0.480 e. The summed E-state index contributed by atoms with van der Waals surface area (Å²) in [7, 11) is 0. The van der Waals surface area contributed by atoms with E-state index in [2.05, 4.69) is 15.6 Å². The number of nitrogens with zero attached hydrogens (tertiary/aromatic N) is 2. The molecule has 2 heterocycles. The van der Waals surface area contributed by atoms with Crippen molar-refractivity contribution in [1.82, 2.24) is 15.5 Å². The summed E-state index contributed by atoms with van der Waals surface area (Å²) >= 11 is 2.81. The highest BCUT2D eigenvalue weighted by atomic mass is 32.2. The number of fused-ring (bicyclic) bond motifs is 1. The molecule has 2 fully saturated rings. The maximum atomic E-state index is 13.1. The lowest BCUT2D eigenvalue weighted by molar-refractivity contribution is -0.161. The first-order valence-corrected chi connectivity index (χ1v) is 12.5. The molecule has 0 spiro atoms. The van der Waals surface area contributed by atoms with Crippen LogP contribution < -0.4 is 16.4 Å². The Morgan fingerprint density at radius 2 is 1.97 bits per heavy atom. The summed E-state index contributed by atoms with van der Waals surface area (Å²) in [5, 5.41) is 14.4. The van der Waals surface area contributed by atoms with Gasteiger partial charge in [0.15, 0.2) is 0 Å². The molecule has 0 radical (unpaired) electrons. The van der Waals surface area contributed by atoms with Crippen LogP contribution in [0.15, 0.2) is 35.3 Å². The van der Waals surface area contributed by atoms with Crippen LogP contribution in [0.2, 0.25) is 0 Å². The summed E-state index contributed by atoms with van der Waals surface area (Å²) in [5.74, 6) is -1.77. The van der Waals surface area contributed by atoms with Crippen LogP contribution in [0, 0.1) is 0 Å². The lowest BCUT2D eigenvalue weighted by Crippen LogP contribution is -2.71. The standard InChI is InChI=1S/C21H27N5O5S2/c1-21(2)16(20(30)31)26-18(29)15(19(26)33-21)25-17(28)14(11-7-5-4-6-8-11)24-13(27)9-23-12(22)10-32-3/h4-8,14-16,19H,9-10H2,1-3H3,(H2,22,23)(H,24,27)(H,25,28)(H,30,31)/t14?,15-,16+,19-/m1/s1. The number of carbonyl (C=O) groups is 4. The van der Waals surface area contributed by atoms with Gasteiger partial charge in [0.25, 0.3) is 0 Å². The summed E-state index contributed by atoms with van der Waals surface area (Å²) in [6.45, 7) is 3.29. The van der Waals surface area contributed by atoms with E-state index in [-0.39, 0.29) is 6.54 Å². The summed E-state index contributed by atoms with van der Waals surface area (Å²) < 4.78 is -0.701. The molecule has 1 unspecified atom stereocenters. The van der Waals surface area contributed by atoms with Crippen molar-refractivity contribution in [3.63, 3.8) is 0 Å². The van der Waals surface area contributed by atoms with Crippen molar-refractivity contribution in [1.29, 1.82) is 0 Å². The first-order chi connectivity index (χ1) is 15.6. The molecule has 0 bridgehead atoms. The van der Waals surface area contributed by atoms with Gasteiger partial charge in [0.05, 0.1) is 5.75 Å². The van der Waals surface area contributed by atoms with E-state index < -0.39 is 51.9 Å². The summed E-state index contributed by atoms with van der Waals surface area (Å²) in [5.41, 5.74) is 6.27. The smallest absolute Gasteiger partial charge is 0.327 e. The monoisotopic (exact) mass is 493 g/mol. The normalized spacial score (nSPS) is 24.5. The van der Waals surface area contributed by atoms with Crippen molar-refractivity contribution < 1.29 is 24.3 Å². The fourth-order valence-electron chi connectivity index (χ4n) is 3.90. The number of amides is 3. The third kappa shape index (κ3) is 5.27. The molecular formula is C21H27N5O5S2. The molecule has 2 aliphatic rings. The van der Waals surface area contributed by atoms with Gasteiger partial charge in [0.1, 0.15) is 35.9 Å². The van der Waals surface area contributed by atoms with Gasteiger partial charge in [0.2, 0.25) is 17.7 Å². The molecule has 178 valence electrons. The maximum absolute atomic E-state index is 13.1. The summed E-state index contributed by atoms with van der Waals surface area (Å²) in [6.07, 6.45) is 1.86. The van der Waals surface area contributed by atoms with Gasteiger partial charge in [-0.3, -0.25) is 19.4 Å². The molecule has 2 saturated heterocycles. The summed E-state index contributed by atoms with van der Waals surface area (Å²) in [6, 6.07) is 5.75. The Morgan fingerprint density at radius 1 is 1.30 bits per heavy atom. The Balaban J connectivity index is 1.73. The van der Waals surface area contributed by atoms with Gasteiger partial charge in [0, 0.05) is 4.75 Å². The van der Waals surface area contributed by atoms with E-state index in [0.29, 0.717) is 17.2 Å². The number of benzene rings is 1. The molecule has 10 nitrogen and oxygen atoms in total. The number of carbonyl (C=O) groups excluding carboxylic acids is 3. The molecule has 3 amide bonds. The summed E-state index contributed by atoms with van der Waals surface area (Å²) in [4.78, 5) is 55.3. The van der Waals surface area contributed by atoms with Crippen LogP contribution in [0.25, 0.3) is 0 Å². The van der Waals surface area contributed by atoms with Crippen LogP contribution in [0.4, 0.5) is 0 Å². The van der Waals surface area contributed by atoms with Crippen molar-refractivity contribution in [2.75, 3.05) is 18.6 Å². The van der Waals surface area contributed by atoms with E-state index in [4.69, 9.17) is 5.73 Å². The fourth-order valence-corrected chi connectivity index (χ4v) is 5.91. The van der Waals surface area contributed by atoms with Crippen LogP contribution in [0.5, 0.6) is 0 Å². The average molecular weight is 494 g/mol. The molecule has 4 atom stereocenters. The van der Waals surface area contributed by atoms with E-state index in [9.17, 15) is 24.3 Å². The molecule has 0 aromatic heterocycles. The molecule has 5 N–H and O–H groups in total. The second-order valence-corrected chi connectivity index (χ2v) is 10.9. The van der Waals surface area contributed by atoms with Crippen molar-refractivity contribution in [3.8, 4) is 0 Å². The average Bonchev–Trinajstić information content (AvgIpc) is 3.03. The van der Waals surface area contributed by atoms with Crippen LogP contribution >= 0.6 is 23.5 Å². The van der Waals surface area contributed by atoms with E-state index in [1.54, 1.807) is 44.2 Å². The van der Waals surface area contributed by atoms with Gasteiger partial charge in [-0.15, -0.1) is 11.8 Å². The highest BCUT2D eigenvalue weighted by Gasteiger charge is 2.64. The predicted octanol–water partition coefficient (Wildman–Crippen LogP) is 0.196. The highest BCUT2D eigenvalue weighted by Crippen LogP contribution is 2.50. The van der Waals surface area contributed by atoms with Crippen molar-refractivity contribution >= 4 is 53.1 Å². The lowest BCUT2D eigenvalue weighted by Gasteiger charge is -2.44. The molecule has 0 saturated carbocycles. The number of nitrogens with one attached hydrogen (secondary N) is 2. The number of aliphatic imine (C=N–C) groups is 1. The van der Waals surface area contributed by atoms with E-state index >= 15 is 0 Å². The molecule has 12 heteroatoms. The number of carboxylic acids is 1. The topological polar surface area (TPSA) is 154 Å². The Bertz CT molecular complexity index is 971. The third-order valence-corrected chi connectivity index (χ3v) is 7.55. The number of carboxylic acid groups (broad SMARTS) is 1. The van der Waals surface area contributed by atoms with Gasteiger partial charge in [-0.1, -0.05) is 30.3 Å². The van der Waals surface area contributed by atoms with Gasteiger partial charge in [-0.25, -0.2) is 4.79 Å². The molecule has 1 aromatic carbocycles. The Labute approximate surface area is 200 Å². The van der Waals surface area contributed by atoms with E-state index in [1.807, 2.05) is 6.26 Å². The van der Waals surface area contributed by atoms with E-state index in [1.165, 1.54) is 28.4 Å². The van der Waals surface area contributed by atoms with Crippen LogP contribution in [0.1, 0.15) is 25.5 Å². The third-order valence-electron chi connectivity index (χ3n) is 5.39. The first-order valence-electron chi connectivity index (χ1n) is 10.2. The van der Waals surface area contributed by atoms with Crippen LogP contribution in [-0.2, 0) is 19.2 Å². The zero-order valence-electron chi connectivity index (χ0n) is 18.5. The minimum absolute atomic E-state index is 0.230. The second kappa shape index (κ2) is 10.0. The number of β-lactam (4-membered cyclic amide) rings is 1. The quantitative estimate of drug-likeness (QED) is 0.216. The van der Waals surface area contributed by atoms with Gasteiger partial charge in [-0.2, -0.15) is 11.8 Å². The fraction of sp³-hybridized carbons (Fsp3) is 0.476. The minimum atomic E-state index is -1.08. The number of nitrogens with two attached hydrogens (primary N) is 1. The Hall–Kier alpha value is -2.73. The van der Waals surface area contributed by atoms with Crippen molar-refractivity contribution in [2.45, 2.75) is 42.1 Å². The first kappa shape index (κ1) is 24.9. The minimum Gasteiger partial charge on any atom is -0.480 e. The Morgan fingerprint density at radius 3 is 2.58 bits per heavy atom. The zero-order chi connectivity index (χ0) is 24.3. The molecule has 3 rings (SSSR count). The van der Waals surface area contributed by atoms with Gasteiger partial charge in [-0.05, 0) is 25.7 Å². The molecule has 2 aliphatic heterocycles.